The normalized spacial score (nSPS) is 10.9. The van der Waals surface area contributed by atoms with E-state index < -0.39 is 0 Å². The first-order chi connectivity index (χ1) is 10.1. The summed E-state index contributed by atoms with van der Waals surface area (Å²) in [6.07, 6.45) is 1.76. The third kappa shape index (κ3) is 4.51. The molecule has 21 heavy (non-hydrogen) atoms. The summed E-state index contributed by atoms with van der Waals surface area (Å²) in [7, 11) is 0. The molecular weight excluding hydrogens is 330 g/mol. The van der Waals surface area contributed by atoms with Crippen molar-refractivity contribution in [3.8, 4) is 11.5 Å². The first kappa shape index (κ1) is 15.9. The molecule has 0 radical (unpaired) electrons. The van der Waals surface area contributed by atoms with Crippen LogP contribution in [0.2, 0.25) is 0 Å². The number of benzene rings is 1. The number of nitrogens with zero attached hydrogens (tertiary/aromatic N) is 2. The van der Waals surface area contributed by atoms with Crippen LogP contribution in [0.4, 0.5) is 0 Å². The van der Waals surface area contributed by atoms with Gasteiger partial charge in [-0.15, -0.1) is 0 Å². The van der Waals surface area contributed by atoms with Gasteiger partial charge in [-0.2, -0.15) is 0 Å². The van der Waals surface area contributed by atoms with Crippen molar-refractivity contribution >= 4 is 15.9 Å². The summed E-state index contributed by atoms with van der Waals surface area (Å²) in [5.74, 6) is 2.59. The van der Waals surface area contributed by atoms with Crippen LogP contribution in [-0.2, 0) is 6.54 Å². The Hall–Kier alpha value is -1.46. The maximum Gasteiger partial charge on any atom is 0.168 e. The highest BCUT2D eigenvalue weighted by atomic mass is 79.9. The van der Waals surface area contributed by atoms with E-state index in [2.05, 4.69) is 52.0 Å². The molecule has 0 fully saturated rings. The second-order valence-electron chi connectivity index (χ2n) is 5.03. The fourth-order valence-electron chi connectivity index (χ4n) is 1.81. The summed E-state index contributed by atoms with van der Waals surface area (Å²) in [6, 6.07) is 7.74. The van der Waals surface area contributed by atoms with Crippen molar-refractivity contribution in [1.82, 2.24) is 15.3 Å². The van der Waals surface area contributed by atoms with Crippen molar-refractivity contribution in [3.63, 3.8) is 0 Å². The Kier molecular flexibility index (Phi) is 5.70. The number of ether oxygens (including phenoxy) is 1. The smallest absolute Gasteiger partial charge is 0.168 e. The zero-order chi connectivity index (χ0) is 15.2. The number of hydrogen-bond donors (Lipinski definition) is 1. The summed E-state index contributed by atoms with van der Waals surface area (Å²) >= 11 is 3.44. The minimum atomic E-state index is 0.297. The zero-order valence-electron chi connectivity index (χ0n) is 12.6. The molecule has 2 aromatic rings. The maximum atomic E-state index is 5.93. The van der Waals surface area contributed by atoms with Crippen LogP contribution in [0.25, 0.3) is 0 Å². The number of nitrogens with one attached hydrogen (secondary N) is 1. The molecule has 1 aromatic heterocycles. The fraction of sp³-hybridized carbons (Fsp3) is 0.375. The van der Waals surface area contributed by atoms with E-state index in [1.54, 1.807) is 6.20 Å². The lowest BCUT2D eigenvalue weighted by Crippen LogP contribution is -2.15. The molecule has 1 heterocycles. The molecule has 0 aliphatic heterocycles. The molecule has 0 bridgehead atoms. The molecule has 0 unspecified atom stereocenters. The zero-order valence-corrected chi connectivity index (χ0v) is 14.1. The lowest BCUT2D eigenvalue weighted by Gasteiger charge is -2.13. The highest BCUT2D eigenvalue weighted by Crippen LogP contribution is 2.26. The van der Waals surface area contributed by atoms with E-state index in [9.17, 15) is 0 Å². The van der Waals surface area contributed by atoms with Crippen LogP contribution >= 0.6 is 15.9 Å². The van der Waals surface area contributed by atoms with Gasteiger partial charge in [-0.05, 0) is 24.7 Å². The average molecular weight is 350 g/mol. The first-order valence-electron chi connectivity index (χ1n) is 7.10. The largest absolute Gasteiger partial charge is 0.454 e. The molecule has 4 nitrogen and oxygen atoms in total. The van der Waals surface area contributed by atoms with E-state index in [0.29, 0.717) is 18.2 Å². The lowest BCUT2D eigenvalue weighted by atomic mass is 10.2. The molecule has 5 heteroatoms. The molecule has 1 N–H and O–H groups in total. The Bertz CT molecular complexity index is 602. The molecular formula is C16H20BrN3O. The van der Waals surface area contributed by atoms with Crippen molar-refractivity contribution in [2.45, 2.75) is 33.2 Å². The number of rotatable bonds is 6. The third-order valence-electron chi connectivity index (χ3n) is 2.93. The molecule has 2 rings (SSSR count). The summed E-state index contributed by atoms with van der Waals surface area (Å²) in [5.41, 5.74) is 0.885. The number of halogens is 1. The summed E-state index contributed by atoms with van der Waals surface area (Å²) in [6.45, 7) is 7.79. The molecule has 0 aliphatic rings. The van der Waals surface area contributed by atoms with Crippen molar-refractivity contribution in [3.05, 3.63) is 46.5 Å². The van der Waals surface area contributed by atoms with Gasteiger partial charge in [0.15, 0.2) is 5.75 Å². The van der Waals surface area contributed by atoms with Gasteiger partial charge in [0.05, 0.1) is 6.20 Å². The quantitative estimate of drug-likeness (QED) is 0.845. The molecule has 0 aliphatic carbocycles. The minimum Gasteiger partial charge on any atom is -0.454 e. The van der Waals surface area contributed by atoms with Gasteiger partial charge in [-0.3, -0.25) is 0 Å². The Morgan fingerprint density at radius 2 is 2.14 bits per heavy atom. The summed E-state index contributed by atoms with van der Waals surface area (Å²) < 4.78 is 6.91. The molecule has 0 saturated heterocycles. The van der Waals surface area contributed by atoms with Gasteiger partial charge in [-0.1, -0.05) is 42.8 Å². The second-order valence-corrected chi connectivity index (χ2v) is 5.95. The lowest BCUT2D eigenvalue weighted by molar-refractivity contribution is 0.463. The molecule has 0 amide bonds. The SMILES string of the molecule is CCNCc1nc(C(C)C)ncc1Oc1cccc(Br)c1. The number of hydrogen-bond acceptors (Lipinski definition) is 4. The fourth-order valence-corrected chi connectivity index (χ4v) is 2.19. The summed E-state index contributed by atoms with van der Waals surface area (Å²) in [5, 5.41) is 3.29. The van der Waals surface area contributed by atoms with Crippen LogP contribution in [0.5, 0.6) is 11.5 Å². The van der Waals surface area contributed by atoms with Crippen LogP contribution < -0.4 is 10.1 Å². The maximum absolute atomic E-state index is 5.93. The minimum absolute atomic E-state index is 0.297. The van der Waals surface area contributed by atoms with Gasteiger partial charge in [0.1, 0.15) is 17.3 Å². The predicted octanol–water partition coefficient (Wildman–Crippen LogP) is 4.26. The first-order valence-corrected chi connectivity index (χ1v) is 7.89. The topological polar surface area (TPSA) is 47.0 Å². The van der Waals surface area contributed by atoms with Crippen molar-refractivity contribution in [2.24, 2.45) is 0 Å². The predicted molar refractivity (Wildman–Crippen MR) is 87.7 cm³/mol. The van der Waals surface area contributed by atoms with Gasteiger partial charge >= 0.3 is 0 Å². The van der Waals surface area contributed by atoms with Crippen LogP contribution in [0.3, 0.4) is 0 Å². The Balaban J connectivity index is 2.28. The van der Waals surface area contributed by atoms with Crippen molar-refractivity contribution in [1.29, 1.82) is 0 Å². The standard InChI is InChI=1S/C16H20BrN3O/c1-4-18-9-14-15(10-19-16(20-14)11(2)3)21-13-7-5-6-12(17)8-13/h5-8,10-11,18H,4,9H2,1-3H3. The molecule has 0 spiro atoms. The van der Waals surface area contributed by atoms with Crippen LogP contribution in [0, 0.1) is 0 Å². The van der Waals surface area contributed by atoms with Gasteiger partial charge in [0, 0.05) is 16.9 Å². The molecule has 0 atom stereocenters. The number of aromatic nitrogens is 2. The van der Waals surface area contributed by atoms with E-state index in [4.69, 9.17) is 4.74 Å². The van der Waals surface area contributed by atoms with Crippen LogP contribution in [-0.4, -0.2) is 16.5 Å². The monoisotopic (exact) mass is 349 g/mol. The summed E-state index contributed by atoms with van der Waals surface area (Å²) in [4.78, 5) is 9.01. The third-order valence-corrected chi connectivity index (χ3v) is 3.42. The Morgan fingerprint density at radius 1 is 1.33 bits per heavy atom. The van der Waals surface area contributed by atoms with Crippen LogP contribution in [0.1, 0.15) is 38.2 Å². The van der Waals surface area contributed by atoms with Gasteiger partial charge in [0.2, 0.25) is 0 Å². The Morgan fingerprint density at radius 3 is 2.81 bits per heavy atom. The average Bonchev–Trinajstić information content (AvgIpc) is 2.46. The Labute approximate surface area is 134 Å². The van der Waals surface area contributed by atoms with Crippen molar-refractivity contribution < 1.29 is 4.74 Å². The van der Waals surface area contributed by atoms with Gasteiger partial charge in [-0.25, -0.2) is 9.97 Å². The molecule has 0 saturated carbocycles. The van der Waals surface area contributed by atoms with E-state index in [1.807, 2.05) is 24.3 Å². The molecule has 112 valence electrons. The van der Waals surface area contributed by atoms with Gasteiger partial charge < -0.3 is 10.1 Å². The second kappa shape index (κ2) is 7.52. The van der Waals surface area contributed by atoms with E-state index in [-0.39, 0.29) is 0 Å². The van der Waals surface area contributed by atoms with E-state index >= 15 is 0 Å². The van der Waals surface area contributed by atoms with Crippen molar-refractivity contribution in [2.75, 3.05) is 6.54 Å². The van der Waals surface area contributed by atoms with Crippen LogP contribution in [0.15, 0.2) is 34.9 Å². The molecule has 1 aromatic carbocycles. The van der Waals surface area contributed by atoms with E-state index in [1.165, 1.54) is 0 Å². The highest BCUT2D eigenvalue weighted by molar-refractivity contribution is 9.10. The van der Waals surface area contributed by atoms with Gasteiger partial charge in [0.25, 0.3) is 0 Å². The van der Waals surface area contributed by atoms with E-state index in [0.717, 1.165) is 28.3 Å². The highest BCUT2D eigenvalue weighted by Gasteiger charge is 2.11.